The number of aryl methyl sites for hydroxylation is 1. The van der Waals surface area contributed by atoms with E-state index in [1.165, 1.54) is 0 Å². The molecule has 0 atom stereocenters. The number of fused-ring (bicyclic) bond motifs is 1. The van der Waals surface area contributed by atoms with Crippen molar-refractivity contribution in [2.24, 2.45) is 7.05 Å². The molecule has 1 heterocycles. The van der Waals surface area contributed by atoms with Crippen LogP contribution in [0.25, 0.3) is 10.9 Å². The van der Waals surface area contributed by atoms with Gasteiger partial charge in [-0.2, -0.15) is 5.10 Å². The summed E-state index contributed by atoms with van der Waals surface area (Å²) in [6, 6.07) is 13.2. The second-order valence-corrected chi connectivity index (χ2v) is 4.18. The van der Waals surface area contributed by atoms with Gasteiger partial charge in [-0.05, 0) is 30.3 Å². The maximum atomic E-state index is 9.71. The van der Waals surface area contributed by atoms with Crippen molar-refractivity contribution in [3.05, 3.63) is 48.7 Å². The van der Waals surface area contributed by atoms with Gasteiger partial charge < -0.3 is 10.4 Å². The first-order chi connectivity index (χ1) is 8.74. The van der Waals surface area contributed by atoms with E-state index in [1.54, 1.807) is 12.1 Å². The fourth-order valence-electron chi connectivity index (χ4n) is 1.98. The van der Waals surface area contributed by atoms with Gasteiger partial charge in [0.2, 0.25) is 0 Å². The summed E-state index contributed by atoms with van der Waals surface area (Å²) in [5, 5.41) is 18.2. The highest BCUT2D eigenvalue weighted by Crippen LogP contribution is 2.27. The minimum Gasteiger partial charge on any atom is -0.506 e. The van der Waals surface area contributed by atoms with Crippen LogP contribution in [-0.4, -0.2) is 14.9 Å². The van der Waals surface area contributed by atoms with Crippen molar-refractivity contribution in [3.8, 4) is 5.75 Å². The molecule has 3 rings (SSSR count). The zero-order valence-corrected chi connectivity index (χ0v) is 9.96. The Labute approximate surface area is 104 Å². The van der Waals surface area contributed by atoms with Crippen LogP contribution in [0.4, 0.5) is 11.4 Å². The number of benzene rings is 2. The molecule has 0 unspecified atom stereocenters. The third-order valence-corrected chi connectivity index (χ3v) is 2.93. The molecule has 0 aliphatic rings. The van der Waals surface area contributed by atoms with Gasteiger partial charge >= 0.3 is 0 Å². The van der Waals surface area contributed by atoms with Crippen molar-refractivity contribution < 1.29 is 5.11 Å². The number of aromatic nitrogens is 2. The monoisotopic (exact) mass is 239 g/mol. The molecule has 0 aliphatic carbocycles. The van der Waals surface area contributed by atoms with E-state index in [0.29, 0.717) is 5.69 Å². The van der Waals surface area contributed by atoms with Gasteiger partial charge in [-0.15, -0.1) is 0 Å². The summed E-state index contributed by atoms with van der Waals surface area (Å²) in [5.41, 5.74) is 2.70. The number of rotatable bonds is 2. The van der Waals surface area contributed by atoms with Gasteiger partial charge in [0.15, 0.2) is 0 Å². The number of phenolic OH excluding ortho intramolecular Hbond substituents is 1. The van der Waals surface area contributed by atoms with E-state index in [-0.39, 0.29) is 5.75 Å². The van der Waals surface area contributed by atoms with Crippen LogP contribution in [0.1, 0.15) is 0 Å². The van der Waals surface area contributed by atoms with Crippen molar-refractivity contribution in [3.63, 3.8) is 0 Å². The molecule has 0 fully saturated rings. The molecule has 0 amide bonds. The second kappa shape index (κ2) is 4.07. The number of anilines is 2. The normalized spacial score (nSPS) is 10.7. The molecule has 1 aromatic heterocycles. The van der Waals surface area contributed by atoms with Crippen LogP contribution in [0, 0.1) is 0 Å². The minimum absolute atomic E-state index is 0.240. The van der Waals surface area contributed by atoms with Gasteiger partial charge in [0.25, 0.3) is 0 Å². The van der Waals surface area contributed by atoms with E-state index in [1.807, 2.05) is 48.3 Å². The van der Waals surface area contributed by atoms with E-state index in [0.717, 1.165) is 16.6 Å². The minimum atomic E-state index is 0.240. The third-order valence-electron chi connectivity index (χ3n) is 2.93. The summed E-state index contributed by atoms with van der Waals surface area (Å²) >= 11 is 0. The number of hydrogen-bond acceptors (Lipinski definition) is 3. The lowest BCUT2D eigenvalue weighted by molar-refractivity contribution is 0.478. The van der Waals surface area contributed by atoms with Crippen LogP contribution in [0.3, 0.4) is 0 Å². The standard InChI is InChI=1S/C14H13N3O/c1-17-13-7-6-11(8-10(13)9-15-17)16-12-4-2-3-5-14(12)18/h2-9,16,18H,1H3. The molecule has 0 radical (unpaired) electrons. The number of nitrogens with one attached hydrogen (secondary N) is 1. The van der Waals surface area contributed by atoms with Crippen LogP contribution >= 0.6 is 0 Å². The summed E-state index contributed by atoms with van der Waals surface area (Å²) in [6.45, 7) is 0. The predicted molar refractivity (Wildman–Crippen MR) is 72.1 cm³/mol. The van der Waals surface area contributed by atoms with E-state index >= 15 is 0 Å². The van der Waals surface area contributed by atoms with E-state index in [2.05, 4.69) is 10.4 Å². The summed E-state index contributed by atoms with van der Waals surface area (Å²) < 4.78 is 1.83. The van der Waals surface area contributed by atoms with Crippen molar-refractivity contribution in [1.29, 1.82) is 0 Å². The van der Waals surface area contributed by atoms with Gasteiger partial charge in [0, 0.05) is 18.1 Å². The molecule has 4 nitrogen and oxygen atoms in total. The molecule has 3 aromatic rings. The molecule has 0 bridgehead atoms. The average Bonchev–Trinajstić information content (AvgIpc) is 2.74. The molecular weight excluding hydrogens is 226 g/mol. The Morgan fingerprint density at radius 2 is 2.00 bits per heavy atom. The molecule has 90 valence electrons. The lowest BCUT2D eigenvalue weighted by Gasteiger charge is -2.08. The molecule has 4 heteroatoms. The van der Waals surface area contributed by atoms with Gasteiger partial charge in [0.1, 0.15) is 5.75 Å². The summed E-state index contributed by atoms with van der Waals surface area (Å²) in [4.78, 5) is 0. The number of hydrogen-bond donors (Lipinski definition) is 2. The zero-order valence-electron chi connectivity index (χ0n) is 9.96. The van der Waals surface area contributed by atoms with Crippen LogP contribution < -0.4 is 5.32 Å². The molecule has 18 heavy (non-hydrogen) atoms. The first-order valence-electron chi connectivity index (χ1n) is 5.71. The van der Waals surface area contributed by atoms with Crippen molar-refractivity contribution in [2.75, 3.05) is 5.32 Å². The Bertz CT molecular complexity index is 703. The summed E-state index contributed by atoms with van der Waals surface area (Å²) in [5.74, 6) is 0.240. The van der Waals surface area contributed by atoms with Gasteiger partial charge in [-0.25, -0.2) is 0 Å². The number of phenols is 1. The Morgan fingerprint density at radius 3 is 2.83 bits per heavy atom. The van der Waals surface area contributed by atoms with Crippen molar-refractivity contribution in [2.45, 2.75) is 0 Å². The number of para-hydroxylation sites is 2. The van der Waals surface area contributed by atoms with E-state index < -0.39 is 0 Å². The Hall–Kier alpha value is -2.49. The molecule has 2 aromatic carbocycles. The largest absolute Gasteiger partial charge is 0.506 e. The second-order valence-electron chi connectivity index (χ2n) is 4.18. The average molecular weight is 239 g/mol. The number of aromatic hydroxyl groups is 1. The highest BCUT2D eigenvalue weighted by Gasteiger charge is 2.03. The molecule has 0 saturated carbocycles. The smallest absolute Gasteiger partial charge is 0.139 e. The Kier molecular flexibility index (Phi) is 2.41. The Morgan fingerprint density at radius 1 is 1.17 bits per heavy atom. The van der Waals surface area contributed by atoms with Crippen LogP contribution in [0.2, 0.25) is 0 Å². The summed E-state index contributed by atoms with van der Waals surface area (Å²) in [7, 11) is 1.92. The van der Waals surface area contributed by atoms with Crippen LogP contribution in [0.5, 0.6) is 5.75 Å². The summed E-state index contributed by atoms with van der Waals surface area (Å²) in [6.07, 6.45) is 1.82. The zero-order chi connectivity index (χ0) is 12.5. The fraction of sp³-hybridized carbons (Fsp3) is 0.0714. The maximum absolute atomic E-state index is 9.71. The topological polar surface area (TPSA) is 50.1 Å². The van der Waals surface area contributed by atoms with Gasteiger partial charge in [-0.3, -0.25) is 4.68 Å². The van der Waals surface area contributed by atoms with Gasteiger partial charge in [-0.1, -0.05) is 12.1 Å². The SMILES string of the molecule is Cn1ncc2cc(Nc3ccccc3O)ccc21. The third kappa shape index (κ3) is 1.78. The van der Waals surface area contributed by atoms with Gasteiger partial charge in [0.05, 0.1) is 17.4 Å². The lowest BCUT2D eigenvalue weighted by atomic mass is 10.2. The Balaban J connectivity index is 1.98. The van der Waals surface area contributed by atoms with Crippen LogP contribution in [0.15, 0.2) is 48.7 Å². The molecule has 2 N–H and O–H groups in total. The molecular formula is C14H13N3O. The first-order valence-corrected chi connectivity index (χ1v) is 5.71. The van der Waals surface area contributed by atoms with Crippen molar-refractivity contribution >= 4 is 22.3 Å². The highest BCUT2D eigenvalue weighted by atomic mass is 16.3. The lowest BCUT2D eigenvalue weighted by Crippen LogP contribution is -1.91. The fourth-order valence-corrected chi connectivity index (χ4v) is 1.98. The quantitative estimate of drug-likeness (QED) is 0.676. The van der Waals surface area contributed by atoms with E-state index in [9.17, 15) is 5.11 Å². The predicted octanol–water partition coefficient (Wildman–Crippen LogP) is 3.02. The number of nitrogens with zero attached hydrogens (tertiary/aromatic N) is 2. The highest BCUT2D eigenvalue weighted by molar-refractivity contribution is 5.83. The first kappa shape index (κ1) is 10.7. The molecule has 0 saturated heterocycles. The molecule has 0 aliphatic heterocycles. The van der Waals surface area contributed by atoms with E-state index in [4.69, 9.17) is 0 Å². The van der Waals surface area contributed by atoms with Crippen molar-refractivity contribution in [1.82, 2.24) is 9.78 Å². The van der Waals surface area contributed by atoms with Crippen LogP contribution in [-0.2, 0) is 7.05 Å². The maximum Gasteiger partial charge on any atom is 0.139 e. The molecule has 0 spiro atoms.